The maximum Gasteiger partial charge on any atom is 0.341 e. The van der Waals surface area contributed by atoms with Crippen molar-refractivity contribution in [1.82, 2.24) is 15.0 Å². The maximum absolute atomic E-state index is 13.7. The van der Waals surface area contributed by atoms with E-state index in [0.29, 0.717) is 34.2 Å². The SMILES string of the molecule is COC(=O)c1ccc(-c2ccc3nc(-c4cccnc4)nc(Nc4ccc(F)c(Cl)c4)c3c2)cc1OC. The quantitative estimate of drug-likeness (QED) is 0.252. The van der Waals surface area contributed by atoms with E-state index in [0.717, 1.165) is 22.1 Å². The number of aromatic nitrogens is 3. The Morgan fingerprint density at radius 2 is 1.76 bits per heavy atom. The number of carbonyl (C=O) groups is 1. The summed E-state index contributed by atoms with van der Waals surface area (Å²) in [6, 6.07) is 19.0. The summed E-state index contributed by atoms with van der Waals surface area (Å²) >= 11 is 6.00. The first-order valence-electron chi connectivity index (χ1n) is 11.2. The van der Waals surface area contributed by atoms with Crippen LogP contribution in [0.3, 0.4) is 0 Å². The Balaban J connectivity index is 1.65. The van der Waals surface area contributed by atoms with Crippen LogP contribution >= 0.6 is 11.6 Å². The third kappa shape index (κ3) is 4.92. The van der Waals surface area contributed by atoms with E-state index in [1.54, 1.807) is 30.6 Å². The molecule has 0 aliphatic carbocycles. The van der Waals surface area contributed by atoms with Gasteiger partial charge in [-0.2, -0.15) is 0 Å². The first kappa shape index (κ1) is 24.1. The van der Waals surface area contributed by atoms with Crippen LogP contribution in [0.4, 0.5) is 15.9 Å². The minimum atomic E-state index is -0.512. The molecule has 5 aromatic rings. The Labute approximate surface area is 216 Å². The van der Waals surface area contributed by atoms with Crippen molar-refractivity contribution in [1.29, 1.82) is 0 Å². The van der Waals surface area contributed by atoms with Crippen molar-refractivity contribution in [3.8, 4) is 28.3 Å². The molecule has 0 aliphatic rings. The molecule has 2 heterocycles. The third-order valence-electron chi connectivity index (χ3n) is 5.74. The number of benzene rings is 3. The van der Waals surface area contributed by atoms with Crippen LogP contribution in [0.15, 0.2) is 79.1 Å². The Hall–Kier alpha value is -4.56. The van der Waals surface area contributed by atoms with E-state index < -0.39 is 11.8 Å². The lowest BCUT2D eigenvalue weighted by atomic mass is 10.0. The highest BCUT2D eigenvalue weighted by Gasteiger charge is 2.16. The van der Waals surface area contributed by atoms with Crippen LogP contribution in [0.5, 0.6) is 5.75 Å². The highest BCUT2D eigenvalue weighted by Crippen LogP contribution is 2.34. The highest BCUT2D eigenvalue weighted by molar-refractivity contribution is 6.31. The topological polar surface area (TPSA) is 86.2 Å². The number of nitrogens with one attached hydrogen (secondary N) is 1. The van der Waals surface area contributed by atoms with Gasteiger partial charge in [0.2, 0.25) is 0 Å². The van der Waals surface area contributed by atoms with Crippen LogP contribution in [0, 0.1) is 5.82 Å². The van der Waals surface area contributed by atoms with Gasteiger partial charge in [-0.25, -0.2) is 19.2 Å². The van der Waals surface area contributed by atoms with Gasteiger partial charge in [0, 0.05) is 29.0 Å². The second-order valence-electron chi connectivity index (χ2n) is 8.03. The monoisotopic (exact) mass is 514 g/mol. The van der Waals surface area contributed by atoms with Gasteiger partial charge >= 0.3 is 5.97 Å². The third-order valence-corrected chi connectivity index (χ3v) is 6.03. The van der Waals surface area contributed by atoms with Crippen LogP contribution in [0.25, 0.3) is 33.4 Å². The fourth-order valence-electron chi connectivity index (χ4n) is 3.89. The predicted octanol–water partition coefficient (Wildman–Crippen LogP) is 6.69. The summed E-state index contributed by atoms with van der Waals surface area (Å²) in [5.41, 5.74) is 3.99. The normalized spacial score (nSPS) is 10.8. The van der Waals surface area contributed by atoms with Gasteiger partial charge in [0.05, 0.1) is 24.8 Å². The van der Waals surface area contributed by atoms with E-state index in [-0.39, 0.29) is 5.02 Å². The van der Waals surface area contributed by atoms with Gasteiger partial charge in [0.1, 0.15) is 22.9 Å². The molecule has 0 unspecified atom stereocenters. The van der Waals surface area contributed by atoms with Gasteiger partial charge in [0.25, 0.3) is 0 Å². The number of hydrogen-bond acceptors (Lipinski definition) is 7. The molecule has 184 valence electrons. The zero-order valence-corrected chi connectivity index (χ0v) is 20.6. The summed E-state index contributed by atoms with van der Waals surface area (Å²) in [6.07, 6.45) is 3.36. The second-order valence-corrected chi connectivity index (χ2v) is 8.44. The lowest BCUT2D eigenvalue weighted by molar-refractivity contribution is 0.0597. The van der Waals surface area contributed by atoms with E-state index in [1.165, 1.54) is 26.4 Å². The zero-order chi connectivity index (χ0) is 25.9. The molecular weight excluding hydrogens is 495 g/mol. The maximum atomic E-state index is 13.7. The van der Waals surface area contributed by atoms with Crippen molar-refractivity contribution >= 4 is 40.0 Å². The van der Waals surface area contributed by atoms with Crippen LogP contribution in [-0.4, -0.2) is 35.1 Å². The number of pyridine rings is 1. The van der Waals surface area contributed by atoms with Gasteiger partial charge in [-0.15, -0.1) is 0 Å². The summed E-state index contributed by atoms with van der Waals surface area (Å²) in [5.74, 6) is 0.386. The number of rotatable bonds is 6. The number of methoxy groups -OCH3 is 2. The van der Waals surface area contributed by atoms with E-state index in [2.05, 4.69) is 10.3 Å². The molecule has 2 aromatic heterocycles. The molecule has 5 rings (SSSR count). The molecule has 0 saturated heterocycles. The molecule has 0 fully saturated rings. The summed E-state index contributed by atoms with van der Waals surface area (Å²) in [7, 11) is 2.82. The Morgan fingerprint density at radius 3 is 2.49 bits per heavy atom. The number of esters is 1. The van der Waals surface area contributed by atoms with Gasteiger partial charge in [0.15, 0.2) is 5.82 Å². The summed E-state index contributed by atoms with van der Waals surface area (Å²) in [6.45, 7) is 0. The lowest BCUT2D eigenvalue weighted by Gasteiger charge is -2.14. The molecule has 3 aromatic carbocycles. The number of halogens is 2. The molecule has 0 aliphatic heterocycles. The lowest BCUT2D eigenvalue weighted by Crippen LogP contribution is -2.04. The first-order chi connectivity index (χ1) is 18.0. The summed E-state index contributed by atoms with van der Waals surface area (Å²) in [4.78, 5) is 25.7. The number of nitrogens with zero attached hydrogens (tertiary/aromatic N) is 3. The molecule has 0 radical (unpaired) electrons. The average Bonchev–Trinajstić information content (AvgIpc) is 2.94. The molecule has 1 N–H and O–H groups in total. The number of carbonyl (C=O) groups excluding carboxylic acids is 1. The fraction of sp³-hybridized carbons (Fsp3) is 0.0714. The Morgan fingerprint density at radius 1 is 0.946 bits per heavy atom. The molecular formula is C28H20ClFN4O3. The van der Waals surface area contributed by atoms with Crippen LogP contribution in [0.2, 0.25) is 5.02 Å². The predicted molar refractivity (Wildman–Crippen MR) is 141 cm³/mol. The molecule has 0 atom stereocenters. The van der Waals surface area contributed by atoms with E-state index >= 15 is 0 Å². The molecule has 0 saturated carbocycles. The molecule has 0 spiro atoms. The largest absolute Gasteiger partial charge is 0.496 e. The molecule has 7 nitrogen and oxygen atoms in total. The minimum Gasteiger partial charge on any atom is -0.496 e. The summed E-state index contributed by atoms with van der Waals surface area (Å²) < 4.78 is 24.0. The Bertz CT molecular complexity index is 1630. The standard InChI is InChI=1S/C28H20ClFN4O3/c1-36-25-13-17(5-8-20(25)28(35)37-2)16-6-10-24-21(12-16)27(32-19-7-9-23(30)22(29)14-19)34-26(33-24)18-4-3-11-31-15-18/h3-15H,1-2H3,(H,32,33,34). The average molecular weight is 515 g/mol. The van der Waals surface area contributed by atoms with E-state index in [1.807, 2.05) is 36.4 Å². The van der Waals surface area contributed by atoms with Gasteiger partial charge < -0.3 is 14.8 Å². The second kappa shape index (κ2) is 10.2. The van der Waals surface area contributed by atoms with Crippen LogP contribution in [-0.2, 0) is 4.74 Å². The fourth-order valence-corrected chi connectivity index (χ4v) is 4.07. The zero-order valence-electron chi connectivity index (χ0n) is 19.8. The molecule has 37 heavy (non-hydrogen) atoms. The Kier molecular flexibility index (Phi) is 6.66. The number of ether oxygens (including phenoxy) is 2. The smallest absolute Gasteiger partial charge is 0.341 e. The first-order valence-corrected chi connectivity index (χ1v) is 11.6. The van der Waals surface area contributed by atoms with Crippen molar-refractivity contribution in [3.63, 3.8) is 0 Å². The van der Waals surface area contributed by atoms with Crippen molar-refractivity contribution in [2.45, 2.75) is 0 Å². The van der Waals surface area contributed by atoms with Crippen LogP contribution < -0.4 is 10.1 Å². The summed E-state index contributed by atoms with van der Waals surface area (Å²) in [5, 5.41) is 3.97. The van der Waals surface area contributed by atoms with Gasteiger partial charge in [-0.05, 0) is 65.7 Å². The van der Waals surface area contributed by atoms with Gasteiger partial charge in [-0.1, -0.05) is 23.7 Å². The van der Waals surface area contributed by atoms with Crippen molar-refractivity contribution in [2.24, 2.45) is 0 Å². The number of hydrogen-bond donors (Lipinski definition) is 1. The van der Waals surface area contributed by atoms with E-state index in [4.69, 9.17) is 31.0 Å². The van der Waals surface area contributed by atoms with Crippen molar-refractivity contribution < 1.29 is 18.7 Å². The number of anilines is 2. The van der Waals surface area contributed by atoms with E-state index in [9.17, 15) is 9.18 Å². The van der Waals surface area contributed by atoms with Crippen LogP contribution in [0.1, 0.15) is 10.4 Å². The van der Waals surface area contributed by atoms with Gasteiger partial charge in [-0.3, -0.25) is 4.98 Å². The molecule has 0 bridgehead atoms. The molecule has 0 amide bonds. The minimum absolute atomic E-state index is 0.00526. The highest BCUT2D eigenvalue weighted by atomic mass is 35.5. The van der Waals surface area contributed by atoms with Crippen molar-refractivity contribution in [3.05, 3.63) is 95.5 Å². The molecule has 9 heteroatoms. The van der Waals surface area contributed by atoms with Crippen molar-refractivity contribution in [2.75, 3.05) is 19.5 Å². The number of fused-ring (bicyclic) bond motifs is 1.